The van der Waals surface area contributed by atoms with Gasteiger partial charge in [0.15, 0.2) is 0 Å². The largest absolute Gasteiger partial charge is 0.480 e. The predicted octanol–water partition coefficient (Wildman–Crippen LogP) is 3.68. The fraction of sp³-hybridized carbons (Fsp3) is 0.375. The number of nitrogens with one attached hydrogen (secondary N) is 1. The first-order valence-electron chi connectivity index (χ1n) is 10.7. The predicted molar refractivity (Wildman–Crippen MR) is 122 cm³/mol. The molecule has 1 heterocycles. The summed E-state index contributed by atoms with van der Waals surface area (Å²) in [5.41, 5.74) is 4.51. The number of carboxylic acids is 1. The van der Waals surface area contributed by atoms with Crippen molar-refractivity contribution in [2.24, 2.45) is 0 Å². The normalized spacial score (nSPS) is 18.0. The third-order valence-electron chi connectivity index (χ3n) is 5.96. The number of nitrogens with zero attached hydrogens (tertiary/aromatic N) is 1. The molecule has 0 radical (unpaired) electrons. The maximum Gasteiger partial charge on any atom is 0.407 e. The number of hydrogen-bond donors (Lipinski definition) is 2. The molecule has 1 unspecified atom stereocenters. The Balaban J connectivity index is 1.42. The second-order valence-electron chi connectivity index (χ2n) is 7.97. The molecule has 2 amide bonds. The fourth-order valence-corrected chi connectivity index (χ4v) is 5.55. The van der Waals surface area contributed by atoms with E-state index in [-0.39, 0.29) is 18.4 Å². The Labute approximate surface area is 191 Å². The van der Waals surface area contributed by atoms with Crippen LogP contribution in [0.2, 0.25) is 0 Å². The smallest absolute Gasteiger partial charge is 0.407 e. The number of carbonyl (C=O) groups is 3. The van der Waals surface area contributed by atoms with Gasteiger partial charge in [-0.05, 0) is 28.7 Å². The maximum atomic E-state index is 13.0. The molecule has 0 saturated carbocycles. The Morgan fingerprint density at radius 1 is 1.12 bits per heavy atom. The molecule has 2 aromatic rings. The van der Waals surface area contributed by atoms with E-state index in [9.17, 15) is 19.5 Å². The molecule has 1 fully saturated rings. The molecular weight excluding hydrogens is 428 g/mol. The van der Waals surface area contributed by atoms with E-state index in [1.54, 1.807) is 0 Å². The Kier molecular flexibility index (Phi) is 6.69. The van der Waals surface area contributed by atoms with Crippen molar-refractivity contribution in [1.82, 2.24) is 10.2 Å². The lowest BCUT2D eigenvalue weighted by molar-refractivity contribution is -0.148. The van der Waals surface area contributed by atoms with Crippen molar-refractivity contribution in [3.63, 3.8) is 0 Å². The number of fused-ring (bicyclic) bond motifs is 3. The Hall–Kier alpha value is -3.00. The average molecular weight is 455 g/mol. The number of aliphatic carboxylic acids is 1. The molecule has 0 bridgehead atoms. The minimum Gasteiger partial charge on any atom is -0.480 e. The molecule has 2 N–H and O–H groups in total. The van der Waals surface area contributed by atoms with Gasteiger partial charge in [0, 0.05) is 11.7 Å². The van der Waals surface area contributed by atoms with Gasteiger partial charge in [0.2, 0.25) is 5.91 Å². The van der Waals surface area contributed by atoms with Crippen LogP contribution in [0.1, 0.15) is 36.8 Å². The van der Waals surface area contributed by atoms with Crippen LogP contribution in [-0.4, -0.2) is 58.3 Å². The number of benzene rings is 2. The highest BCUT2D eigenvalue weighted by atomic mass is 32.2. The fourth-order valence-electron chi connectivity index (χ4n) is 4.39. The van der Waals surface area contributed by atoms with Crippen molar-refractivity contribution in [3.8, 4) is 11.1 Å². The third kappa shape index (κ3) is 4.32. The zero-order valence-electron chi connectivity index (χ0n) is 17.8. The summed E-state index contributed by atoms with van der Waals surface area (Å²) in [5.74, 6) is -0.815. The SMILES string of the molecule is CCC[C@@H](NC(=O)OCC1c2ccccc2-c2ccccc21)C(=O)N1CSCC1C(=O)O. The van der Waals surface area contributed by atoms with Gasteiger partial charge in [0.1, 0.15) is 18.7 Å². The van der Waals surface area contributed by atoms with Gasteiger partial charge in [-0.3, -0.25) is 4.79 Å². The zero-order chi connectivity index (χ0) is 22.7. The highest BCUT2D eigenvalue weighted by molar-refractivity contribution is 7.99. The summed E-state index contributed by atoms with van der Waals surface area (Å²) < 4.78 is 5.56. The van der Waals surface area contributed by atoms with E-state index >= 15 is 0 Å². The van der Waals surface area contributed by atoms with Crippen LogP contribution in [0.25, 0.3) is 11.1 Å². The molecule has 4 rings (SSSR count). The van der Waals surface area contributed by atoms with Crippen molar-refractivity contribution in [3.05, 3.63) is 59.7 Å². The summed E-state index contributed by atoms with van der Waals surface area (Å²) in [4.78, 5) is 38.4. The van der Waals surface area contributed by atoms with Crippen molar-refractivity contribution in [2.75, 3.05) is 18.2 Å². The van der Waals surface area contributed by atoms with Crippen LogP contribution in [0.15, 0.2) is 48.5 Å². The van der Waals surface area contributed by atoms with E-state index in [4.69, 9.17) is 4.74 Å². The molecular formula is C24H26N2O5S. The van der Waals surface area contributed by atoms with Crippen LogP contribution in [-0.2, 0) is 14.3 Å². The van der Waals surface area contributed by atoms with Crippen molar-refractivity contribution in [1.29, 1.82) is 0 Å². The van der Waals surface area contributed by atoms with E-state index in [1.807, 2.05) is 43.3 Å². The van der Waals surface area contributed by atoms with Gasteiger partial charge >= 0.3 is 12.1 Å². The van der Waals surface area contributed by atoms with E-state index < -0.39 is 24.1 Å². The molecule has 168 valence electrons. The summed E-state index contributed by atoms with van der Waals surface area (Å²) >= 11 is 1.40. The number of alkyl carbamates (subject to hydrolysis) is 1. The zero-order valence-corrected chi connectivity index (χ0v) is 18.6. The minimum absolute atomic E-state index is 0.0696. The number of thioether (sulfide) groups is 1. The van der Waals surface area contributed by atoms with Gasteiger partial charge < -0.3 is 20.1 Å². The maximum absolute atomic E-state index is 13.0. The van der Waals surface area contributed by atoms with Crippen LogP contribution in [0.4, 0.5) is 4.79 Å². The highest BCUT2D eigenvalue weighted by Gasteiger charge is 2.38. The van der Waals surface area contributed by atoms with Crippen LogP contribution in [0, 0.1) is 0 Å². The molecule has 2 aromatic carbocycles. The monoisotopic (exact) mass is 454 g/mol. The van der Waals surface area contributed by atoms with Crippen molar-refractivity contribution < 1.29 is 24.2 Å². The summed E-state index contributed by atoms with van der Waals surface area (Å²) in [6, 6.07) is 14.5. The standard InChI is InChI=1S/C24H26N2O5S/c1-2-7-20(22(27)26-14-32-13-21(26)23(28)29)25-24(30)31-12-19-17-10-5-3-8-15(17)16-9-4-6-11-18(16)19/h3-6,8-11,19-21H,2,7,12-14H2,1H3,(H,25,30)(H,28,29)/t20-,21?/m1/s1. The van der Waals surface area contributed by atoms with Crippen molar-refractivity contribution in [2.45, 2.75) is 37.8 Å². The minimum atomic E-state index is -1.03. The summed E-state index contributed by atoms with van der Waals surface area (Å²) in [6.07, 6.45) is 0.410. The number of carbonyl (C=O) groups excluding carboxylic acids is 2. The molecule has 32 heavy (non-hydrogen) atoms. The first-order valence-corrected chi connectivity index (χ1v) is 11.9. The molecule has 2 aliphatic rings. The number of carboxylic acid groups (broad SMARTS) is 1. The van der Waals surface area contributed by atoms with Crippen LogP contribution < -0.4 is 5.32 Å². The molecule has 1 saturated heterocycles. The Morgan fingerprint density at radius 2 is 1.75 bits per heavy atom. The summed E-state index contributed by atoms with van der Waals surface area (Å²) in [7, 11) is 0. The van der Waals surface area contributed by atoms with Gasteiger partial charge in [0.05, 0.1) is 5.88 Å². The van der Waals surface area contributed by atoms with E-state index in [1.165, 1.54) is 16.7 Å². The molecule has 2 atom stereocenters. The third-order valence-corrected chi connectivity index (χ3v) is 6.97. The second kappa shape index (κ2) is 9.65. The number of ether oxygens (including phenoxy) is 1. The molecule has 7 nitrogen and oxygen atoms in total. The van der Waals surface area contributed by atoms with Crippen LogP contribution >= 0.6 is 11.8 Å². The lowest BCUT2D eigenvalue weighted by Crippen LogP contribution is -2.52. The summed E-state index contributed by atoms with van der Waals surface area (Å²) in [5, 5.41) is 12.0. The highest BCUT2D eigenvalue weighted by Crippen LogP contribution is 2.44. The van der Waals surface area contributed by atoms with Gasteiger partial charge in [-0.25, -0.2) is 9.59 Å². The van der Waals surface area contributed by atoms with E-state index in [0.717, 1.165) is 22.3 Å². The van der Waals surface area contributed by atoms with Crippen LogP contribution in [0.3, 0.4) is 0 Å². The molecule has 0 aromatic heterocycles. The topological polar surface area (TPSA) is 95.9 Å². The van der Waals surface area contributed by atoms with Crippen LogP contribution in [0.5, 0.6) is 0 Å². The summed E-state index contributed by atoms with van der Waals surface area (Å²) in [6.45, 7) is 2.07. The van der Waals surface area contributed by atoms with E-state index in [0.29, 0.717) is 24.5 Å². The van der Waals surface area contributed by atoms with Gasteiger partial charge in [-0.2, -0.15) is 0 Å². The molecule has 1 aliphatic carbocycles. The Morgan fingerprint density at radius 3 is 2.34 bits per heavy atom. The van der Waals surface area contributed by atoms with E-state index in [2.05, 4.69) is 17.4 Å². The quantitative estimate of drug-likeness (QED) is 0.663. The number of hydrogen-bond acceptors (Lipinski definition) is 5. The lowest BCUT2D eigenvalue weighted by Gasteiger charge is -2.26. The van der Waals surface area contributed by atoms with Crippen molar-refractivity contribution >= 4 is 29.7 Å². The first kappa shape index (κ1) is 22.2. The van der Waals surface area contributed by atoms with Gasteiger partial charge in [-0.15, -0.1) is 11.8 Å². The molecule has 1 aliphatic heterocycles. The average Bonchev–Trinajstić information content (AvgIpc) is 3.40. The van der Waals surface area contributed by atoms with Gasteiger partial charge in [-0.1, -0.05) is 61.9 Å². The molecule has 0 spiro atoms. The number of amides is 2. The van der Waals surface area contributed by atoms with Gasteiger partial charge in [0.25, 0.3) is 0 Å². The Bertz CT molecular complexity index is 981. The lowest BCUT2D eigenvalue weighted by atomic mass is 9.98. The first-order chi connectivity index (χ1) is 15.5. The second-order valence-corrected chi connectivity index (χ2v) is 8.97. The number of rotatable bonds is 7. The molecule has 8 heteroatoms.